The lowest BCUT2D eigenvalue weighted by molar-refractivity contribution is 1.59. The fourth-order valence-electron chi connectivity index (χ4n) is 2.36. The minimum Gasteiger partial charge on any atom is -0.106 e. The molecule has 3 atom stereocenters. The van der Waals surface area contributed by atoms with Gasteiger partial charge in [0.1, 0.15) is 0 Å². The maximum atomic E-state index is 2.79. The highest BCUT2D eigenvalue weighted by Crippen LogP contribution is 2.27. The Morgan fingerprint density at radius 3 is 1.86 bits per heavy atom. The summed E-state index contributed by atoms with van der Waals surface area (Å²) < 4.78 is 1.28. The van der Waals surface area contributed by atoms with Gasteiger partial charge in [-0.05, 0) is 72.9 Å². The molecule has 0 aliphatic carbocycles. The lowest BCUT2D eigenvalue weighted by Gasteiger charge is -2.09. The SMILES string of the molecule is Pc1ccc(-c2ccc(-c3ccc(P)c(P)c3)cc2)c(I)c1. The van der Waals surface area contributed by atoms with Gasteiger partial charge in [-0.1, -0.05) is 48.5 Å². The molecular formula is C18H16IP3. The predicted molar refractivity (Wildman–Crippen MR) is 118 cm³/mol. The Morgan fingerprint density at radius 2 is 1.23 bits per heavy atom. The standard InChI is InChI=1S/C18H16IP3/c19-16-10-14(20)6-7-15(16)12-3-1-11(2-4-12)13-5-8-17(21)18(22)9-13/h1-10H,20-22H2. The third-order valence-corrected chi connectivity index (χ3v) is 6.22. The van der Waals surface area contributed by atoms with Crippen LogP contribution in [0.5, 0.6) is 0 Å². The van der Waals surface area contributed by atoms with Crippen molar-refractivity contribution in [1.82, 2.24) is 0 Å². The van der Waals surface area contributed by atoms with E-state index in [2.05, 4.69) is 111 Å². The molecule has 0 bridgehead atoms. The molecule has 110 valence electrons. The van der Waals surface area contributed by atoms with Crippen molar-refractivity contribution >= 4 is 66.2 Å². The van der Waals surface area contributed by atoms with E-state index in [1.807, 2.05) is 0 Å². The average Bonchev–Trinajstić information content (AvgIpc) is 2.50. The van der Waals surface area contributed by atoms with Crippen molar-refractivity contribution in [2.24, 2.45) is 0 Å². The number of benzene rings is 3. The summed E-state index contributed by atoms with van der Waals surface area (Å²) in [6, 6.07) is 21.8. The van der Waals surface area contributed by atoms with Crippen molar-refractivity contribution in [3.63, 3.8) is 0 Å². The molecule has 0 aliphatic rings. The van der Waals surface area contributed by atoms with Gasteiger partial charge in [0.15, 0.2) is 0 Å². The Hall–Kier alpha value is -0.320. The molecule has 22 heavy (non-hydrogen) atoms. The van der Waals surface area contributed by atoms with Crippen LogP contribution < -0.4 is 15.9 Å². The van der Waals surface area contributed by atoms with Gasteiger partial charge in [-0.15, -0.1) is 27.7 Å². The monoisotopic (exact) mass is 452 g/mol. The molecule has 0 aromatic heterocycles. The molecular weight excluding hydrogens is 436 g/mol. The number of hydrogen-bond acceptors (Lipinski definition) is 0. The third-order valence-electron chi connectivity index (χ3n) is 3.61. The normalized spacial score (nSPS) is 10.7. The van der Waals surface area contributed by atoms with Gasteiger partial charge in [0.05, 0.1) is 0 Å². The van der Waals surface area contributed by atoms with Crippen LogP contribution in [-0.2, 0) is 0 Å². The lowest BCUT2D eigenvalue weighted by Crippen LogP contribution is -2.09. The second-order valence-electron chi connectivity index (χ2n) is 5.16. The Morgan fingerprint density at radius 1 is 0.591 bits per heavy atom. The van der Waals surface area contributed by atoms with Crippen molar-refractivity contribution in [1.29, 1.82) is 0 Å². The van der Waals surface area contributed by atoms with Gasteiger partial charge in [-0.25, -0.2) is 0 Å². The van der Waals surface area contributed by atoms with Crippen molar-refractivity contribution < 1.29 is 0 Å². The Kier molecular flexibility index (Phi) is 5.31. The number of rotatable bonds is 2. The lowest BCUT2D eigenvalue weighted by atomic mass is 10.0. The third kappa shape index (κ3) is 3.60. The second kappa shape index (κ2) is 7.06. The van der Waals surface area contributed by atoms with Crippen LogP contribution in [0, 0.1) is 3.57 Å². The summed E-state index contributed by atoms with van der Waals surface area (Å²) >= 11 is 2.40. The van der Waals surface area contributed by atoms with Gasteiger partial charge in [-0.3, -0.25) is 0 Å². The van der Waals surface area contributed by atoms with Gasteiger partial charge in [-0.2, -0.15) is 0 Å². The summed E-state index contributed by atoms with van der Waals surface area (Å²) in [6.07, 6.45) is 0. The van der Waals surface area contributed by atoms with Crippen LogP contribution in [0.4, 0.5) is 0 Å². The molecule has 0 spiro atoms. The maximum Gasteiger partial charge on any atom is 0.0214 e. The fourth-order valence-corrected chi connectivity index (χ4v) is 4.27. The summed E-state index contributed by atoms with van der Waals surface area (Å²) in [6.45, 7) is 0. The Bertz CT molecular complexity index is 826. The molecule has 0 heterocycles. The van der Waals surface area contributed by atoms with E-state index in [1.54, 1.807) is 0 Å². The molecule has 3 rings (SSSR count). The molecule has 0 saturated heterocycles. The minimum atomic E-state index is 1.22. The predicted octanol–water partition coefficient (Wildman–Crippen LogP) is 4.13. The highest BCUT2D eigenvalue weighted by Gasteiger charge is 2.05. The van der Waals surface area contributed by atoms with Gasteiger partial charge in [0, 0.05) is 3.57 Å². The maximum absolute atomic E-state index is 2.79. The first-order chi connectivity index (χ1) is 10.5. The van der Waals surface area contributed by atoms with Gasteiger partial charge >= 0.3 is 0 Å². The van der Waals surface area contributed by atoms with Crippen molar-refractivity contribution in [3.05, 3.63) is 64.2 Å². The fraction of sp³-hybridized carbons (Fsp3) is 0. The van der Waals surface area contributed by atoms with E-state index in [-0.39, 0.29) is 0 Å². The molecule has 3 aromatic rings. The van der Waals surface area contributed by atoms with Crippen molar-refractivity contribution in [2.45, 2.75) is 0 Å². The first-order valence-corrected chi connectivity index (χ1v) is 9.66. The summed E-state index contributed by atoms with van der Waals surface area (Å²) in [4.78, 5) is 0. The summed E-state index contributed by atoms with van der Waals surface area (Å²) in [5.74, 6) is 0. The first kappa shape index (κ1) is 16.5. The van der Waals surface area contributed by atoms with Crippen LogP contribution in [0.2, 0.25) is 0 Å². The van der Waals surface area contributed by atoms with Crippen molar-refractivity contribution in [2.75, 3.05) is 0 Å². The Balaban J connectivity index is 1.97. The molecule has 4 heteroatoms. The molecule has 0 aliphatic heterocycles. The van der Waals surface area contributed by atoms with Crippen LogP contribution in [0.3, 0.4) is 0 Å². The van der Waals surface area contributed by atoms with Crippen LogP contribution in [0.25, 0.3) is 22.3 Å². The van der Waals surface area contributed by atoms with E-state index >= 15 is 0 Å². The van der Waals surface area contributed by atoms with E-state index in [4.69, 9.17) is 0 Å². The molecule has 3 aromatic carbocycles. The van der Waals surface area contributed by atoms with E-state index in [0.717, 1.165) is 0 Å². The topological polar surface area (TPSA) is 0 Å². The zero-order valence-electron chi connectivity index (χ0n) is 11.9. The smallest absolute Gasteiger partial charge is 0.0214 e. The van der Waals surface area contributed by atoms with Crippen LogP contribution >= 0.6 is 50.3 Å². The molecule has 0 nitrogen and oxygen atoms in total. The first-order valence-electron chi connectivity index (χ1n) is 6.85. The Labute approximate surface area is 152 Å². The molecule has 0 fully saturated rings. The molecule has 0 saturated carbocycles. The summed E-state index contributed by atoms with van der Waals surface area (Å²) in [5.41, 5.74) is 5.03. The molecule has 0 N–H and O–H groups in total. The second-order valence-corrected chi connectivity index (χ2v) is 8.23. The van der Waals surface area contributed by atoms with Crippen LogP contribution in [0.15, 0.2) is 60.7 Å². The van der Waals surface area contributed by atoms with E-state index in [0.29, 0.717) is 0 Å². The quantitative estimate of drug-likeness (QED) is 0.406. The molecule has 3 unspecified atom stereocenters. The summed E-state index contributed by atoms with van der Waals surface area (Å²) in [5, 5.41) is 3.66. The van der Waals surface area contributed by atoms with Crippen LogP contribution in [-0.4, -0.2) is 0 Å². The largest absolute Gasteiger partial charge is 0.106 e. The van der Waals surface area contributed by atoms with Gasteiger partial charge in [0.2, 0.25) is 0 Å². The van der Waals surface area contributed by atoms with Gasteiger partial charge in [0.25, 0.3) is 0 Å². The molecule has 0 amide bonds. The van der Waals surface area contributed by atoms with E-state index in [9.17, 15) is 0 Å². The highest BCUT2D eigenvalue weighted by molar-refractivity contribution is 14.1. The van der Waals surface area contributed by atoms with Crippen LogP contribution in [0.1, 0.15) is 0 Å². The summed E-state index contributed by atoms with van der Waals surface area (Å²) in [7, 11) is 8.29. The highest BCUT2D eigenvalue weighted by atomic mass is 127. The zero-order valence-corrected chi connectivity index (χ0v) is 17.5. The van der Waals surface area contributed by atoms with E-state index in [1.165, 1.54) is 41.7 Å². The zero-order chi connectivity index (χ0) is 15.7. The molecule has 0 radical (unpaired) electrons. The number of halogens is 1. The van der Waals surface area contributed by atoms with Crippen molar-refractivity contribution in [3.8, 4) is 22.3 Å². The average molecular weight is 452 g/mol. The minimum absolute atomic E-state index is 1.22. The van der Waals surface area contributed by atoms with E-state index < -0.39 is 0 Å². The van der Waals surface area contributed by atoms with Gasteiger partial charge < -0.3 is 0 Å². The number of hydrogen-bond donors (Lipinski definition) is 0.